The van der Waals surface area contributed by atoms with Crippen molar-refractivity contribution in [1.29, 1.82) is 0 Å². The van der Waals surface area contributed by atoms with E-state index in [1.807, 2.05) is 51.0 Å². The monoisotopic (exact) mass is 529 g/mol. The highest BCUT2D eigenvalue weighted by Crippen LogP contribution is 2.35. The molecule has 2 heterocycles. The lowest BCUT2D eigenvalue weighted by atomic mass is 10.0. The first-order chi connectivity index (χ1) is 18.7. The summed E-state index contributed by atoms with van der Waals surface area (Å²) in [6.07, 6.45) is 9.44. The highest BCUT2D eigenvalue weighted by atomic mass is 16.2. The van der Waals surface area contributed by atoms with Crippen molar-refractivity contribution in [1.82, 2.24) is 19.2 Å². The van der Waals surface area contributed by atoms with Crippen LogP contribution in [0.25, 0.3) is 11.3 Å². The molecule has 39 heavy (non-hydrogen) atoms. The number of piperazine rings is 1. The van der Waals surface area contributed by atoms with Gasteiger partial charge in [-0.2, -0.15) is 0 Å². The smallest absolute Gasteiger partial charge is 0.256 e. The number of hydrogen-bond acceptors (Lipinski definition) is 4. The van der Waals surface area contributed by atoms with Crippen LogP contribution in [0.4, 0.5) is 0 Å². The van der Waals surface area contributed by atoms with Crippen LogP contribution in [0.3, 0.4) is 0 Å². The summed E-state index contributed by atoms with van der Waals surface area (Å²) in [6, 6.07) is 12.0. The van der Waals surface area contributed by atoms with Gasteiger partial charge in [0.25, 0.3) is 5.91 Å². The van der Waals surface area contributed by atoms with Crippen LogP contribution in [-0.2, 0) is 9.59 Å². The fraction of sp³-hybridized carbons (Fsp3) is 0.433. The van der Waals surface area contributed by atoms with Gasteiger partial charge in [0.15, 0.2) is 7.98 Å². The zero-order valence-electron chi connectivity index (χ0n) is 23.5. The lowest BCUT2D eigenvalue weighted by Gasteiger charge is -2.43. The Kier molecular flexibility index (Phi) is 9.12. The Morgan fingerprint density at radius 1 is 1.10 bits per heavy atom. The van der Waals surface area contributed by atoms with E-state index in [1.54, 1.807) is 4.90 Å². The Morgan fingerprint density at radius 3 is 2.49 bits per heavy atom. The summed E-state index contributed by atoms with van der Waals surface area (Å²) in [5.41, 5.74) is 8.96. The molecule has 1 aliphatic heterocycles. The second-order valence-corrected chi connectivity index (χ2v) is 10.9. The van der Waals surface area contributed by atoms with E-state index in [0.717, 1.165) is 29.9 Å². The highest BCUT2D eigenvalue weighted by molar-refractivity contribution is 6.05. The minimum absolute atomic E-state index is 0.0163. The number of aryl methyl sites for hydroxylation is 1. The summed E-state index contributed by atoms with van der Waals surface area (Å²) in [4.78, 5) is 44.7. The number of carbonyl (C=O) groups is 3. The van der Waals surface area contributed by atoms with E-state index in [9.17, 15) is 14.4 Å². The summed E-state index contributed by atoms with van der Waals surface area (Å²) in [5, 5.41) is 0. The molecule has 2 aliphatic rings. The van der Waals surface area contributed by atoms with E-state index in [-0.39, 0.29) is 42.8 Å². The summed E-state index contributed by atoms with van der Waals surface area (Å²) >= 11 is 0. The molecule has 1 aromatic heterocycles. The number of nitrogens with zero attached hydrogens (tertiary/aromatic N) is 4. The van der Waals surface area contributed by atoms with E-state index in [1.165, 1.54) is 0 Å². The fourth-order valence-corrected chi connectivity index (χ4v) is 5.68. The van der Waals surface area contributed by atoms with Crippen LogP contribution in [0, 0.1) is 6.92 Å². The quantitative estimate of drug-likeness (QED) is 0.506. The number of carbonyl (C=O) groups excluding carboxylic acids is 3. The van der Waals surface area contributed by atoms with Gasteiger partial charge in [-0.25, -0.2) is 0 Å². The molecule has 0 spiro atoms. The third-order valence-electron chi connectivity index (χ3n) is 7.68. The molecule has 2 atom stereocenters. The fourth-order valence-electron chi connectivity index (χ4n) is 5.68. The third kappa shape index (κ3) is 6.53. The van der Waals surface area contributed by atoms with Gasteiger partial charge >= 0.3 is 0 Å². The molecular weight excluding hydrogens is 489 g/mol. The Bertz CT molecular complexity index is 1250. The van der Waals surface area contributed by atoms with E-state index in [0.29, 0.717) is 25.2 Å². The zero-order chi connectivity index (χ0) is 28.1. The van der Waals surface area contributed by atoms with Gasteiger partial charge in [0.1, 0.15) is 0 Å². The van der Waals surface area contributed by atoms with Crippen molar-refractivity contribution in [3.05, 3.63) is 72.0 Å². The van der Waals surface area contributed by atoms with Crippen LogP contribution < -0.4 is 5.73 Å². The third-order valence-corrected chi connectivity index (χ3v) is 7.68. The number of rotatable bonds is 9. The van der Waals surface area contributed by atoms with Gasteiger partial charge in [-0.1, -0.05) is 54.6 Å². The maximum atomic E-state index is 14.4. The minimum atomic E-state index is -0.488. The number of hydrogen-bond donors (Lipinski definition) is 1. The number of amides is 3. The van der Waals surface area contributed by atoms with Gasteiger partial charge in [0.2, 0.25) is 11.8 Å². The molecule has 1 fully saturated rings. The lowest BCUT2D eigenvalue weighted by Crippen LogP contribution is -2.59. The SMILES string of the molecule is BN1CCN(C(=O)c2cc(C)n(C3C=CC=CC3)c2-c2ccccc2)[C@H](CN(C(=O)CCC(N)=O)C(C)C)C1. The molecule has 4 rings (SSSR count). The molecule has 2 aromatic rings. The standard InChI is InChI=1S/C30H40BN5O3/c1-21(2)35(28(38)15-14-27(32)37)20-25-19-33(31)16-17-34(25)30(39)26-18-22(3)36(24-12-8-5-9-13-24)29(26)23-10-6-4-7-11-23/h4-12,18,21,24-25H,13-17,19-20,31H2,1-3H3,(H2,32,37)/t24?,25-/m0/s1. The molecule has 2 N–H and O–H groups in total. The maximum absolute atomic E-state index is 14.4. The predicted octanol–water partition coefficient (Wildman–Crippen LogP) is 2.70. The van der Waals surface area contributed by atoms with Crippen molar-refractivity contribution in [2.45, 2.75) is 58.2 Å². The van der Waals surface area contributed by atoms with Crippen LogP contribution in [-0.4, -0.2) is 83.1 Å². The lowest BCUT2D eigenvalue weighted by molar-refractivity contribution is -0.135. The van der Waals surface area contributed by atoms with Gasteiger partial charge in [0.05, 0.1) is 23.3 Å². The number of primary amides is 1. The van der Waals surface area contributed by atoms with E-state index in [2.05, 4.69) is 52.7 Å². The highest BCUT2D eigenvalue weighted by Gasteiger charge is 2.35. The molecule has 8 nitrogen and oxygen atoms in total. The van der Waals surface area contributed by atoms with Crippen molar-refractivity contribution >= 4 is 25.7 Å². The largest absolute Gasteiger partial charge is 0.370 e. The van der Waals surface area contributed by atoms with E-state index >= 15 is 0 Å². The number of benzene rings is 1. The molecule has 1 saturated heterocycles. The van der Waals surface area contributed by atoms with Crippen LogP contribution in [0.5, 0.6) is 0 Å². The molecule has 1 aromatic carbocycles. The molecule has 3 amide bonds. The molecule has 9 heteroatoms. The van der Waals surface area contributed by atoms with Crippen molar-refractivity contribution < 1.29 is 14.4 Å². The van der Waals surface area contributed by atoms with Crippen molar-refractivity contribution in [3.63, 3.8) is 0 Å². The summed E-state index contributed by atoms with van der Waals surface area (Å²) in [5.74, 6) is -0.621. The normalized spacial score (nSPS) is 19.4. The van der Waals surface area contributed by atoms with Gasteiger partial charge in [-0.05, 0) is 38.8 Å². The molecule has 1 unspecified atom stereocenters. The van der Waals surface area contributed by atoms with Gasteiger partial charge in [-0.15, -0.1) is 0 Å². The predicted molar refractivity (Wildman–Crippen MR) is 157 cm³/mol. The molecule has 0 bridgehead atoms. The number of aromatic nitrogens is 1. The Balaban J connectivity index is 1.69. The van der Waals surface area contributed by atoms with Crippen LogP contribution >= 0.6 is 0 Å². The molecule has 206 valence electrons. The van der Waals surface area contributed by atoms with Crippen LogP contribution in [0.15, 0.2) is 60.7 Å². The van der Waals surface area contributed by atoms with E-state index < -0.39 is 5.91 Å². The van der Waals surface area contributed by atoms with Gasteiger partial charge in [-0.3, -0.25) is 14.4 Å². The first-order valence-corrected chi connectivity index (χ1v) is 13.8. The Hall–Kier alpha value is -3.59. The van der Waals surface area contributed by atoms with Crippen molar-refractivity contribution in [2.24, 2.45) is 5.73 Å². The summed E-state index contributed by atoms with van der Waals surface area (Å²) in [6.45, 7) is 8.39. The van der Waals surface area contributed by atoms with Crippen LogP contribution in [0.2, 0.25) is 0 Å². The minimum Gasteiger partial charge on any atom is -0.370 e. The first-order valence-electron chi connectivity index (χ1n) is 13.8. The van der Waals surface area contributed by atoms with E-state index in [4.69, 9.17) is 5.73 Å². The van der Waals surface area contributed by atoms with Gasteiger partial charge < -0.3 is 24.9 Å². The van der Waals surface area contributed by atoms with Crippen molar-refractivity contribution in [3.8, 4) is 11.3 Å². The Morgan fingerprint density at radius 2 is 1.85 bits per heavy atom. The Labute approximate surface area is 232 Å². The average Bonchev–Trinajstić information content (AvgIpc) is 3.27. The first kappa shape index (κ1) is 28.4. The summed E-state index contributed by atoms with van der Waals surface area (Å²) < 4.78 is 2.28. The maximum Gasteiger partial charge on any atom is 0.256 e. The summed E-state index contributed by atoms with van der Waals surface area (Å²) in [7, 11) is 2.04. The molecule has 0 radical (unpaired) electrons. The topological polar surface area (TPSA) is 91.9 Å². The number of allylic oxidation sites excluding steroid dienone is 4. The second kappa shape index (κ2) is 12.5. The molecule has 0 saturated carbocycles. The van der Waals surface area contributed by atoms with Crippen LogP contribution in [0.1, 0.15) is 55.2 Å². The molecule has 1 aliphatic carbocycles. The van der Waals surface area contributed by atoms with Gasteiger partial charge in [0, 0.05) is 50.8 Å². The average molecular weight is 529 g/mol. The molecular formula is C30H40BN5O3. The second-order valence-electron chi connectivity index (χ2n) is 10.9. The van der Waals surface area contributed by atoms with Crippen molar-refractivity contribution in [2.75, 3.05) is 26.2 Å². The number of nitrogens with two attached hydrogens (primary N) is 1. The zero-order valence-corrected chi connectivity index (χ0v) is 23.5.